The molecule has 23 heavy (non-hydrogen) atoms. The van der Waals surface area contributed by atoms with Gasteiger partial charge in [-0.15, -0.1) is 0 Å². The molecule has 2 aliphatic rings. The van der Waals surface area contributed by atoms with Crippen LogP contribution < -0.4 is 10.0 Å². The van der Waals surface area contributed by atoms with Crippen LogP contribution in [0.25, 0.3) is 0 Å². The van der Waals surface area contributed by atoms with E-state index in [0.717, 1.165) is 11.4 Å². The van der Waals surface area contributed by atoms with Crippen molar-refractivity contribution >= 4 is 23.2 Å². The van der Waals surface area contributed by atoms with E-state index < -0.39 is 6.04 Å². The monoisotopic (exact) mass is 307 g/mol. The molecule has 2 amide bonds. The Balaban J connectivity index is 1.82. The third-order valence-electron chi connectivity index (χ3n) is 4.58. The first-order chi connectivity index (χ1) is 11.2. The SMILES string of the molecule is CN1C(=O)C2CN(c3ccccc3)N(c3ccccc3)C2C1=O. The molecule has 2 unspecified atom stereocenters. The van der Waals surface area contributed by atoms with Crippen LogP contribution in [0.2, 0.25) is 0 Å². The summed E-state index contributed by atoms with van der Waals surface area (Å²) >= 11 is 0. The highest BCUT2D eigenvalue weighted by Crippen LogP contribution is 2.38. The van der Waals surface area contributed by atoms with Crippen LogP contribution in [0.1, 0.15) is 0 Å². The van der Waals surface area contributed by atoms with Crippen molar-refractivity contribution in [2.75, 3.05) is 23.6 Å². The number of rotatable bonds is 2. The first-order valence-electron chi connectivity index (χ1n) is 7.66. The number of hydrogen-bond donors (Lipinski definition) is 0. The smallest absolute Gasteiger partial charge is 0.254 e. The van der Waals surface area contributed by atoms with Gasteiger partial charge in [-0.2, -0.15) is 0 Å². The van der Waals surface area contributed by atoms with E-state index in [-0.39, 0.29) is 17.7 Å². The second kappa shape index (κ2) is 5.12. The molecule has 0 saturated carbocycles. The van der Waals surface area contributed by atoms with Crippen LogP contribution >= 0.6 is 0 Å². The van der Waals surface area contributed by atoms with Crippen LogP contribution in [0.3, 0.4) is 0 Å². The third-order valence-corrected chi connectivity index (χ3v) is 4.58. The largest absolute Gasteiger partial charge is 0.284 e. The minimum Gasteiger partial charge on any atom is -0.284 e. The summed E-state index contributed by atoms with van der Waals surface area (Å²) < 4.78 is 0. The Morgan fingerprint density at radius 3 is 2.00 bits per heavy atom. The van der Waals surface area contributed by atoms with Gasteiger partial charge in [-0.25, -0.2) is 0 Å². The molecular formula is C18H17N3O2. The van der Waals surface area contributed by atoms with Gasteiger partial charge in [0.15, 0.2) is 0 Å². The van der Waals surface area contributed by atoms with E-state index in [0.29, 0.717) is 6.54 Å². The molecule has 0 spiro atoms. The fourth-order valence-electron chi connectivity index (χ4n) is 3.45. The number of imide groups is 1. The van der Waals surface area contributed by atoms with Gasteiger partial charge < -0.3 is 0 Å². The normalized spacial score (nSPS) is 23.6. The molecule has 2 heterocycles. The molecule has 2 aromatic carbocycles. The van der Waals surface area contributed by atoms with Gasteiger partial charge in [0.2, 0.25) is 5.91 Å². The Morgan fingerprint density at radius 2 is 1.39 bits per heavy atom. The molecule has 0 N–H and O–H groups in total. The second-order valence-electron chi connectivity index (χ2n) is 5.88. The maximum atomic E-state index is 12.6. The van der Waals surface area contributed by atoms with Crippen LogP contribution in [-0.2, 0) is 9.59 Å². The maximum Gasteiger partial charge on any atom is 0.254 e. The third kappa shape index (κ3) is 2.00. The van der Waals surface area contributed by atoms with Crippen LogP contribution in [0, 0.1) is 5.92 Å². The van der Waals surface area contributed by atoms with Gasteiger partial charge in [-0.3, -0.25) is 24.5 Å². The predicted octanol–water partition coefficient (Wildman–Crippen LogP) is 1.91. The standard InChI is InChI=1S/C18H17N3O2/c1-19-17(22)15-12-20(13-8-4-2-5-9-13)21(16(15)18(19)23)14-10-6-3-7-11-14/h2-11,15-16H,12H2,1H3. The first kappa shape index (κ1) is 13.8. The lowest BCUT2D eigenvalue weighted by atomic mass is 10.0. The van der Waals surface area contributed by atoms with E-state index in [9.17, 15) is 9.59 Å². The van der Waals surface area contributed by atoms with Crippen molar-refractivity contribution in [2.45, 2.75) is 6.04 Å². The number of anilines is 2. The van der Waals surface area contributed by atoms with E-state index >= 15 is 0 Å². The number of para-hydroxylation sites is 2. The van der Waals surface area contributed by atoms with Crippen molar-refractivity contribution < 1.29 is 9.59 Å². The number of amides is 2. The van der Waals surface area contributed by atoms with Crippen LogP contribution in [-0.4, -0.2) is 36.3 Å². The Kier molecular flexibility index (Phi) is 3.08. The van der Waals surface area contributed by atoms with E-state index in [1.807, 2.05) is 70.7 Å². The zero-order valence-electron chi connectivity index (χ0n) is 12.8. The minimum atomic E-state index is -0.463. The summed E-state index contributed by atoms with van der Waals surface area (Å²) in [5.74, 6) is -0.561. The molecule has 116 valence electrons. The van der Waals surface area contributed by atoms with Gasteiger partial charge in [-0.05, 0) is 24.3 Å². The molecule has 2 atom stereocenters. The summed E-state index contributed by atoms with van der Waals surface area (Å²) in [6.45, 7) is 0.512. The number of benzene rings is 2. The van der Waals surface area contributed by atoms with Crippen molar-refractivity contribution in [3.05, 3.63) is 60.7 Å². The number of fused-ring (bicyclic) bond motifs is 1. The molecular weight excluding hydrogens is 290 g/mol. The highest BCUT2D eigenvalue weighted by Gasteiger charge is 2.55. The van der Waals surface area contributed by atoms with E-state index in [1.165, 1.54) is 4.90 Å². The predicted molar refractivity (Wildman–Crippen MR) is 87.8 cm³/mol. The molecule has 0 radical (unpaired) electrons. The number of likely N-dealkylation sites (tertiary alicyclic amines) is 1. The first-order valence-corrected chi connectivity index (χ1v) is 7.66. The molecule has 2 aromatic rings. The summed E-state index contributed by atoms with van der Waals surface area (Å²) in [6, 6.07) is 19.2. The Labute approximate surface area is 134 Å². The number of hydrogen-bond acceptors (Lipinski definition) is 4. The summed E-state index contributed by atoms with van der Waals surface area (Å²) in [7, 11) is 1.57. The number of nitrogens with zero attached hydrogens (tertiary/aromatic N) is 3. The molecule has 0 bridgehead atoms. The van der Waals surface area contributed by atoms with Gasteiger partial charge in [0, 0.05) is 7.05 Å². The zero-order valence-corrected chi connectivity index (χ0v) is 12.8. The fraction of sp³-hybridized carbons (Fsp3) is 0.222. The number of carbonyl (C=O) groups excluding carboxylic acids is 2. The molecule has 5 nitrogen and oxygen atoms in total. The molecule has 4 rings (SSSR count). The molecule has 0 aliphatic carbocycles. The fourth-order valence-corrected chi connectivity index (χ4v) is 3.45. The van der Waals surface area contributed by atoms with E-state index in [1.54, 1.807) is 7.05 Å². The van der Waals surface area contributed by atoms with Crippen molar-refractivity contribution in [3.8, 4) is 0 Å². The molecule has 5 heteroatoms. The Morgan fingerprint density at radius 1 is 0.826 bits per heavy atom. The lowest BCUT2D eigenvalue weighted by molar-refractivity contribution is -0.137. The van der Waals surface area contributed by atoms with Gasteiger partial charge in [-0.1, -0.05) is 36.4 Å². The van der Waals surface area contributed by atoms with E-state index in [4.69, 9.17) is 0 Å². The summed E-state index contributed by atoms with van der Waals surface area (Å²) in [4.78, 5) is 26.3. The molecule has 2 aliphatic heterocycles. The Hall–Kier alpha value is -2.82. The molecule has 2 fully saturated rings. The van der Waals surface area contributed by atoms with Gasteiger partial charge in [0.25, 0.3) is 5.91 Å². The second-order valence-corrected chi connectivity index (χ2v) is 5.88. The molecule has 2 saturated heterocycles. The summed E-state index contributed by atoms with van der Waals surface area (Å²) in [5.41, 5.74) is 1.90. The zero-order chi connectivity index (χ0) is 16.0. The maximum absolute atomic E-state index is 12.6. The lowest BCUT2D eigenvalue weighted by Crippen LogP contribution is -2.47. The van der Waals surface area contributed by atoms with Crippen molar-refractivity contribution in [2.24, 2.45) is 5.92 Å². The van der Waals surface area contributed by atoms with Gasteiger partial charge >= 0.3 is 0 Å². The number of carbonyl (C=O) groups is 2. The van der Waals surface area contributed by atoms with Gasteiger partial charge in [0.05, 0.1) is 23.8 Å². The van der Waals surface area contributed by atoms with Crippen molar-refractivity contribution in [1.29, 1.82) is 0 Å². The van der Waals surface area contributed by atoms with E-state index in [2.05, 4.69) is 0 Å². The minimum absolute atomic E-state index is 0.0978. The van der Waals surface area contributed by atoms with Crippen molar-refractivity contribution in [1.82, 2.24) is 4.90 Å². The lowest BCUT2D eigenvalue weighted by Gasteiger charge is -2.34. The average molecular weight is 307 g/mol. The summed E-state index contributed by atoms with van der Waals surface area (Å²) in [5, 5.41) is 4.00. The highest BCUT2D eigenvalue weighted by molar-refractivity contribution is 6.09. The average Bonchev–Trinajstić information content (AvgIpc) is 3.09. The van der Waals surface area contributed by atoms with Gasteiger partial charge in [0.1, 0.15) is 6.04 Å². The topological polar surface area (TPSA) is 43.9 Å². The number of hydrazine groups is 1. The summed E-state index contributed by atoms with van der Waals surface area (Å²) in [6.07, 6.45) is 0. The highest BCUT2D eigenvalue weighted by atomic mass is 16.2. The van der Waals surface area contributed by atoms with Crippen LogP contribution in [0.15, 0.2) is 60.7 Å². The van der Waals surface area contributed by atoms with Crippen molar-refractivity contribution in [3.63, 3.8) is 0 Å². The Bertz CT molecular complexity index is 747. The molecule has 0 aromatic heterocycles. The number of likely N-dealkylation sites (N-methyl/N-ethyl adjacent to an activating group) is 1. The van der Waals surface area contributed by atoms with Crippen LogP contribution in [0.5, 0.6) is 0 Å². The quantitative estimate of drug-likeness (QED) is 0.795. The van der Waals surface area contributed by atoms with Crippen LogP contribution in [0.4, 0.5) is 11.4 Å².